The van der Waals surface area contributed by atoms with Crippen molar-refractivity contribution in [2.75, 3.05) is 37.2 Å². The summed E-state index contributed by atoms with van der Waals surface area (Å²) in [7, 11) is 0. The Morgan fingerprint density at radius 2 is 1.86 bits per heavy atom. The largest absolute Gasteiger partial charge is 0.368 e. The molecule has 9 heteroatoms. The van der Waals surface area contributed by atoms with Crippen LogP contribution < -0.4 is 11.1 Å². The van der Waals surface area contributed by atoms with E-state index in [4.69, 9.17) is 10.3 Å². The van der Waals surface area contributed by atoms with E-state index in [1.165, 1.54) is 0 Å². The molecule has 9 nitrogen and oxygen atoms in total. The van der Waals surface area contributed by atoms with Gasteiger partial charge in [0.05, 0.1) is 11.7 Å². The quantitative estimate of drug-likeness (QED) is 0.651. The lowest BCUT2D eigenvalue weighted by molar-refractivity contribution is 0.0933. The van der Waals surface area contributed by atoms with Crippen LogP contribution in [-0.4, -0.2) is 56.1 Å². The first kappa shape index (κ1) is 19.3. The van der Waals surface area contributed by atoms with E-state index in [1.807, 2.05) is 43.3 Å². The Kier molecular flexibility index (Phi) is 5.68. The van der Waals surface area contributed by atoms with Crippen LogP contribution in [0.4, 0.5) is 17.6 Å². The summed E-state index contributed by atoms with van der Waals surface area (Å²) in [6.07, 6.45) is 0. The summed E-state index contributed by atoms with van der Waals surface area (Å²) in [5, 5.41) is 7.28. The zero-order valence-corrected chi connectivity index (χ0v) is 16.7. The van der Waals surface area contributed by atoms with Crippen LogP contribution in [0.5, 0.6) is 0 Å². The standard InChI is InChI=1S/C20H26N8O/c1-14-12-17(26-29-14)13-27-8-10-28(11-9-27)15(2)18-23-19(21)25-20(24-18)22-16-6-4-3-5-7-16/h3-7,12,15H,8-11,13H2,1-2H3,(H3,21,22,23,24,25)/t15-/m1/s1. The highest BCUT2D eigenvalue weighted by atomic mass is 16.5. The summed E-state index contributed by atoms with van der Waals surface area (Å²) in [6, 6.07) is 11.8. The zero-order valence-electron chi connectivity index (χ0n) is 16.7. The van der Waals surface area contributed by atoms with Gasteiger partial charge in [-0.3, -0.25) is 9.80 Å². The summed E-state index contributed by atoms with van der Waals surface area (Å²) in [6.45, 7) is 8.58. The maximum atomic E-state index is 5.95. The number of benzene rings is 1. The van der Waals surface area contributed by atoms with Crippen molar-refractivity contribution in [1.29, 1.82) is 0 Å². The fourth-order valence-electron chi connectivity index (χ4n) is 3.50. The molecule has 1 aliphatic rings. The van der Waals surface area contributed by atoms with E-state index in [9.17, 15) is 0 Å². The first-order valence-corrected chi connectivity index (χ1v) is 9.79. The lowest BCUT2D eigenvalue weighted by atomic mass is 10.2. The van der Waals surface area contributed by atoms with Crippen molar-refractivity contribution in [3.8, 4) is 0 Å². The molecule has 0 saturated carbocycles. The summed E-state index contributed by atoms with van der Waals surface area (Å²) in [4.78, 5) is 17.9. The topological polar surface area (TPSA) is 109 Å². The molecule has 1 fully saturated rings. The predicted molar refractivity (Wildman–Crippen MR) is 110 cm³/mol. The molecule has 152 valence electrons. The average Bonchev–Trinajstić information content (AvgIpc) is 3.13. The third-order valence-electron chi connectivity index (χ3n) is 5.09. The summed E-state index contributed by atoms with van der Waals surface area (Å²) in [5.74, 6) is 2.21. The van der Waals surface area contributed by atoms with Gasteiger partial charge in [-0.1, -0.05) is 23.4 Å². The lowest BCUT2D eigenvalue weighted by Gasteiger charge is -2.37. The highest BCUT2D eigenvalue weighted by Gasteiger charge is 2.25. The molecule has 2 aromatic heterocycles. The monoisotopic (exact) mass is 394 g/mol. The Bertz CT molecular complexity index is 937. The lowest BCUT2D eigenvalue weighted by Crippen LogP contribution is -2.47. The Labute approximate surface area is 169 Å². The first-order valence-electron chi connectivity index (χ1n) is 9.79. The molecule has 3 aromatic rings. The van der Waals surface area contributed by atoms with E-state index in [1.54, 1.807) is 0 Å². The minimum absolute atomic E-state index is 0.0491. The van der Waals surface area contributed by atoms with Gasteiger partial charge in [-0.15, -0.1) is 0 Å². The van der Waals surface area contributed by atoms with Gasteiger partial charge in [0.25, 0.3) is 0 Å². The van der Waals surface area contributed by atoms with Crippen LogP contribution in [0.2, 0.25) is 0 Å². The number of para-hydroxylation sites is 1. The molecular formula is C20H26N8O. The van der Waals surface area contributed by atoms with E-state index in [2.05, 4.69) is 42.1 Å². The number of nitrogens with one attached hydrogen (secondary N) is 1. The minimum atomic E-state index is 0.0491. The highest BCUT2D eigenvalue weighted by Crippen LogP contribution is 2.22. The van der Waals surface area contributed by atoms with Gasteiger partial charge in [-0.2, -0.15) is 15.0 Å². The number of nitrogens with two attached hydrogens (primary N) is 1. The molecule has 0 aliphatic carbocycles. The zero-order chi connectivity index (χ0) is 20.2. The number of aromatic nitrogens is 4. The van der Waals surface area contributed by atoms with Gasteiger partial charge in [0.2, 0.25) is 11.9 Å². The number of nitrogen functional groups attached to an aromatic ring is 1. The molecule has 3 heterocycles. The first-order chi connectivity index (χ1) is 14.1. The molecule has 0 amide bonds. The van der Waals surface area contributed by atoms with E-state index >= 15 is 0 Å². The predicted octanol–water partition coefficient (Wildman–Crippen LogP) is 2.37. The van der Waals surface area contributed by atoms with Crippen LogP contribution >= 0.6 is 0 Å². The number of hydrogen-bond donors (Lipinski definition) is 2. The fourth-order valence-corrected chi connectivity index (χ4v) is 3.50. The average molecular weight is 394 g/mol. The van der Waals surface area contributed by atoms with Gasteiger partial charge in [0, 0.05) is 44.5 Å². The second kappa shape index (κ2) is 8.54. The summed E-state index contributed by atoms with van der Waals surface area (Å²) in [5.41, 5.74) is 7.83. The molecule has 1 saturated heterocycles. The SMILES string of the molecule is Cc1cc(CN2CCN([C@H](C)c3nc(N)nc(Nc4ccccc4)n3)CC2)no1. The molecule has 0 radical (unpaired) electrons. The van der Waals surface area contributed by atoms with Crippen molar-refractivity contribution in [3.63, 3.8) is 0 Å². The normalized spacial score (nSPS) is 16.6. The van der Waals surface area contributed by atoms with E-state index < -0.39 is 0 Å². The Morgan fingerprint density at radius 1 is 1.10 bits per heavy atom. The Balaban J connectivity index is 1.38. The summed E-state index contributed by atoms with van der Waals surface area (Å²) < 4.78 is 5.16. The van der Waals surface area contributed by atoms with Gasteiger partial charge in [0.15, 0.2) is 5.82 Å². The molecule has 1 atom stereocenters. The number of hydrogen-bond acceptors (Lipinski definition) is 9. The van der Waals surface area contributed by atoms with Gasteiger partial charge in [-0.05, 0) is 26.0 Å². The van der Waals surface area contributed by atoms with Crippen molar-refractivity contribution in [2.24, 2.45) is 0 Å². The molecular weight excluding hydrogens is 368 g/mol. The van der Waals surface area contributed by atoms with E-state index in [-0.39, 0.29) is 12.0 Å². The Morgan fingerprint density at radius 3 is 2.55 bits per heavy atom. The van der Waals surface area contributed by atoms with Crippen LogP contribution in [-0.2, 0) is 6.54 Å². The molecule has 0 spiro atoms. The van der Waals surface area contributed by atoms with Gasteiger partial charge in [-0.25, -0.2) is 0 Å². The summed E-state index contributed by atoms with van der Waals surface area (Å²) >= 11 is 0. The van der Waals surface area contributed by atoms with Gasteiger partial charge >= 0.3 is 0 Å². The fraction of sp³-hybridized carbons (Fsp3) is 0.400. The van der Waals surface area contributed by atoms with Crippen LogP contribution in [0.25, 0.3) is 0 Å². The molecule has 4 rings (SSSR count). The van der Waals surface area contributed by atoms with Crippen LogP contribution in [0.3, 0.4) is 0 Å². The van der Waals surface area contributed by atoms with Crippen LogP contribution in [0, 0.1) is 6.92 Å². The van der Waals surface area contributed by atoms with Crippen LogP contribution in [0.15, 0.2) is 40.9 Å². The molecule has 1 aromatic carbocycles. The molecule has 0 bridgehead atoms. The minimum Gasteiger partial charge on any atom is -0.368 e. The maximum Gasteiger partial charge on any atom is 0.232 e. The molecule has 3 N–H and O–H groups in total. The Hall–Kier alpha value is -3.04. The van der Waals surface area contributed by atoms with Gasteiger partial charge < -0.3 is 15.6 Å². The number of rotatable bonds is 6. The maximum absolute atomic E-state index is 5.95. The van der Waals surface area contributed by atoms with Gasteiger partial charge in [0.1, 0.15) is 5.76 Å². The number of nitrogens with zero attached hydrogens (tertiary/aromatic N) is 6. The van der Waals surface area contributed by atoms with Crippen molar-refractivity contribution >= 4 is 17.6 Å². The number of aryl methyl sites for hydroxylation is 1. The van der Waals surface area contributed by atoms with E-state index in [0.29, 0.717) is 11.8 Å². The third-order valence-corrected chi connectivity index (χ3v) is 5.09. The van der Waals surface area contributed by atoms with Crippen molar-refractivity contribution < 1.29 is 4.52 Å². The molecule has 29 heavy (non-hydrogen) atoms. The third kappa shape index (κ3) is 4.87. The number of anilines is 3. The molecule has 1 aliphatic heterocycles. The second-order valence-corrected chi connectivity index (χ2v) is 7.28. The smallest absolute Gasteiger partial charge is 0.232 e. The number of piperazine rings is 1. The molecule has 0 unspecified atom stereocenters. The second-order valence-electron chi connectivity index (χ2n) is 7.28. The van der Waals surface area contributed by atoms with Crippen molar-refractivity contribution in [3.05, 3.63) is 53.7 Å². The van der Waals surface area contributed by atoms with Crippen molar-refractivity contribution in [2.45, 2.75) is 26.4 Å². The van der Waals surface area contributed by atoms with Crippen molar-refractivity contribution in [1.82, 2.24) is 29.9 Å². The van der Waals surface area contributed by atoms with Crippen LogP contribution in [0.1, 0.15) is 30.2 Å². The highest BCUT2D eigenvalue weighted by molar-refractivity contribution is 5.53. The van der Waals surface area contributed by atoms with E-state index in [0.717, 1.165) is 49.9 Å².